The lowest BCUT2D eigenvalue weighted by Crippen LogP contribution is -2.37. The molecule has 0 amide bonds. The van der Waals surface area contributed by atoms with Gasteiger partial charge in [0.25, 0.3) is 0 Å². The monoisotopic (exact) mass is 488 g/mol. The summed E-state index contributed by atoms with van der Waals surface area (Å²) in [6.45, 7) is 5.06. The minimum absolute atomic E-state index is 0.0186. The molecule has 35 heavy (non-hydrogen) atoms. The van der Waals surface area contributed by atoms with E-state index in [0.717, 1.165) is 18.4 Å². The molecule has 0 bridgehead atoms. The maximum Gasteiger partial charge on any atom is 0.387 e. The highest BCUT2D eigenvalue weighted by molar-refractivity contribution is 5.85. The summed E-state index contributed by atoms with van der Waals surface area (Å²) in [5, 5.41) is 8.74. The van der Waals surface area contributed by atoms with Crippen LogP contribution in [-0.4, -0.2) is 37.9 Å². The van der Waals surface area contributed by atoms with E-state index in [4.69, 9.17) is 11.0 Å². The Labute approximate surface area is 208 Å². The van der Waals surface area contributed by atoms with E-state index in [9.17, 15) is 13.6 Å². The number of alkyl halides is 2. The average Bonchev–Trinajstić information content (AvgIpc) is 3.11. The number of carbonyl (C=O) groups is 1. The number of carbonyl (C=O) groups excluding carboxylic acids is 1. The van der Waals surface area contributed by atoms with Crippen LogP contribution in [0.1, 0.15) is 58.9 Å². The summed E-state index contributed by atoms with van der Waals surface area (Å²) in [5.41, 5.74) is 6.82. The van der Waals surface area contributed by atoms with Gasteiger partial charge in [0, 0.05) is 20.5 Å². The van der Waals surface area contributed by atoms with Gasteiger partial charge in [0.05, 0.1) is 6.07 Å². The van der Waals surface area contributed by atoms with Crippen molar-refractivity contribution in [3.8, 4) is 11.8 Å². The number of hydrogen-bond acceptors (Lipinski definition) is 4. The summed E-state index contributed by atoms with van der Waals surface area (Å²) < 4.78 is 29.4. The van der Waals surface area contributed by atoms with Gasteiger partial charge in [-0.1, -0.05) is 69.7 Å². The minimum Gasteiger partial charge on any atom is -0.435 e. The molecular formula is C27H38F2N4O2. The third-order valence-corrected chi connectivity index (χ3v) is 4.86. The average molecular weight is 489 g/mol. The number of unbranched alkanes of at least 4 members (excludes halogenated alkanes) is 1. The Hall–Kier alpha value is -3.47. The van der Waals surface area contributed by atoms with Crippen LogP contribution in [0.25, 0.3) is 0 Å². The zero-order valence-corrected chi connectivity index (χ0v) is 21.6. The van der Waals surface area contributed by atoms with E-state index in [1.54, 1.807) is 25.1 Å². The van der Waals surface area contributed by atoms with Crippen molar-refractivity contribution in [3.05, 3.63) is 65.3 Å². The molecule has 0 saturated carbocycles. The second-order valence-corrected chi connectivity index (χ2v) is 7.21. The molecule has 8 heteroatoms. The number of ether oxygens (including phenoxy) is 1. The number of nitrogens with zero attached hydrogens (tertiary/aromatic N) is 3. The number of aldehydes is 1. The Morgan fingerprint density at radius 1 is 1.26 bits per heavy atom. The van der Waals surface area contributed by atoms with E-state index in [1.807, 2.05) is 45.9 Å². The molecule has 6 nitrogen and oxygen atoms in total. The molecule has 1 aromatic carbocycles. The van der Waals surface area contributed by atoms with Gasteiger partial charge in [0.2, 0.25) is 0 Å². The van der Waals surface area contributed by atoms with Gasteiger partial charge in [-0.05, 0) is 42.5 Å². The fourth-order valence-electron chi connectivity index (χ4n) is 3.16. The topological polar surface area (TPSA) is 91.7 Å². The normalized spacial score (nSPS) is 14.5. The van der Waals surface area contributed by atoms with Crippen LogP contribution in [0.4, 0.5) is 8.78 Å². The molecule has 0 fully saturated rings. The third kappa shape index (κ3) is 9.73. The largest absolute Gasteiger partial charge is 0.435 e. The molecule has 0 spiro atoms. The van der Waals surface area contributed by atoms with Crippen LogP contribution >= 0.6 is 0 Å². The summed E-state index contributed by atoms with van der Waals surface area (Å²) in [6.07, 6.45) is 10.8. The summed E-state index contributed by atoms with van der Waals surface area (Å²) in [7, 11) is 3.42. The Morgan fingerprint density at radius 2 is 1.89 bits per heavy atom. The molecular weight excluding hydrogens is 450 g/mol. The first kappa shape index (κ1) is 31.5. The summed E-state index contributed by atoms with van der Waals surface area (Å²) in [6, 6.07) is 7.93. The predicted octanol–water partition coefficient (Wildman–Crippen LogP) is 6.12. The van der Waals surface area contributed by atoms with Gasteiger partial charge in [0.1, 0.15) is 5.75 Å². The fraction of sp³-hybridized carbons (Fsp3) is 0.444. The first-order valence-corrected chi connectivity index (χ1v) is 11.8. The number of allylic oxidation sites excluding steroid dienone is 4. The zero-order chi connectivity index (χ0) is 26.9. The number of benzene rings is 1. The maximum atomic E-state index is 12.5. The second kappa shape index (κ2) is 17.0. The Kier molecular flexibility index (Phi) is 15.3. The minimum atomic E-state index is -2.94. The quantitative estimate of drug-likeness (QED) is 0.196. The third-order valence-electron chi connectivity index (χ3n) is 4.86. The van der Waals surface area contributed by atoms with E-state index in [1.165, 1.54) is 24.3 Å². The van der Waals surface area contributed by atoms with Crippen molar-refractivity contribution in [3.63, 3.8) is 0 Å². The zero-order valence-electron chi connectivity index (χ0n) is 21.6. The second-order valence-electron chi connectivity index (χ2n) is 7.21. The van der Waals surface area contributed by atoms with Gasteiger partial charge >= 0.3 is 6.61 Å². The van der Waals surface area contributed by atoms with Crippen molar-refractivity contribution in [1.29, 1.82) is 5.26 Å². The maximum absolute atomic E-state index is 12.5. The smallest absolute Gasteiger partial charge is 0.387 e. The molecule has 1 aliphatic carbocycles. The van der Waals surface area contributed by atoms with Crippen LogP contribution in [0.15, 0.2) is 64.7 Å². The van der Waals surface area contributed by atoms with Crippen LogP contribution in [0.2, 0.25) is 0 Å². The molecule has 2 rings (SSSR count). The number of aliphatic imine (C=N–C) groups is 1. The van der Waals surface area contributed by atoms with Gasteiger partial charge < -0.3 is 15.4 Å². The molecule has 0 aliphatic heterocycles. The Bertz CT molecular complexity index is 929. The molecule has 2 N–H and O–H groups in total. The van der Waals surface area contributed by atoms with Gasteiger partial charge in [-0.15, -0.1) is 0 Å². The van der Waals surface area contributed by atoms with E-state index >= 15 is 0 Å². The summed E-state index contributed by atoms with van der Waals surface area (Å²) in [4.78, 5) is 18.6. The van der Waals surface area contributed by atoms with Gasteiger partial charge in [-0.2, -0.15) is 14.0 Å². The molecule has 0 saturated heterocycles. The molecule has 1 aliphatic rings. The van der Waals surface area contributed by atoms with E-state index in [-0.39, 0.29) is 11.7 Å². The highest BCUT2D eigenvalue weighted by Gasteiger charge is 2.36. The lowest BCUT2D eigenvalue weighted by atomic mass is 9.83. The lowest BCUT2D eigenvalue weighted by Gasteiger charge is -2.28. The molecule has 1 unspecified atom stereocenters. The van der Waals surface area contributed by atoms with Crippen molar-refractivity contribution in [2.24, 2.45) is 10.7 Å². The predicted molar refractivity (Wildman–Crippen MR) is 138 cm³/mol. The summed E-state index contributed by atoms with van der Waals surface area (Å²) in [5.74, 6) is 0.121. The van der Waals surface area contributed by atoms with Crippen molar-refractivity contribution in [2.75, 3.05) is 14.1 Å². The molecule has 0 heterocycles. The van der Waals surface area contributed by atoms with E-state index in [2.05, 4.69) is 15.8 Å². The van der Waals surface area contributed by atoms with E-state index in [0.29, 0.717) is 30.3 Å². The fourth-order valence-corrected chi connectivity index (χ4v) is 3.16. The number of hydrogen-bond donors (Lipinski definition) is 1. The number of guanidine groups is 1. The summed E-state index contributed by atoms with van der Waals surface area (Å²) >= 11 is 0. The Morgan fingerprint density at radius 3 is 2.40 bits per heavy atom. The molecule has 1 aromatic rings. The highest BCUT2D eigenvalue weighted by Crippen LogP contribution is 2.36. The van der Waals surface area contributed by atoms with Gasteiger partial charge in [-0.3, -0.25) is 4.79 Å². The van der Waals surface area contributed by atoms with Gasteiger partial charge in [-0.25, -0.2) is 4.99 Å². The van der Waals surface area contributed by atoms with E-state index < -0.39 is 12.2 Å². The molecule has 0 aromatic heterocycles. The standard InChI is InChI=1S/C23H26F2N4O2.2C2H6/c1-29(2)22(27)28-23(16-30,19-11-13-20(14-12-19)31-21(24)25)18-8-5-7-17(9-10-18)6-3-4-15-26;2*1-2/h5,7-8,10-14,16,21H,3-4,6,9H2,1-2H3,(H2,27,28);2*1-2H3. The molecule has 0 radical (unpaired) electrons. The highest BCUT2D eigenvalue weighted by atomic mass is 19.3. The molecule has 192 valence electrons. The Balaban J connectivity index is 0.00000274. The lowest BCUT2D eigenvalue weighted by molar-refractivity contribution is -0.111. The van der Waals surface area contributed by atoms with Crippen LogP contribution in [-0.2, 0) is 10.3 Å². The number of nitriles is 1. The number of rotatable bonds is 9. The van der Waals surface area contributed by atoms with Crippen LogP contribution < -0.4 is 10.5 Å². The number of halogens is 2. The SMILES string of the molecule is CC.CC.CN(C)C(N)=NC(C=O)(C1=CCC(CCCC#N)=CC=C1)c1ccc(OC(F)F)cc1. The van der Waals surface area contributed by atoms with Crippen molar-refractivity contribution >= 4 is 12.2 Å². The van der Waals surface area contributed by atoms with Crippen molar-refractivity contribution in [2.45, 2.75) is 65.5 Å². The van der Waals surface area contributed by atoms with Crippen molar-refractivity contribution in [1.82, 2.24) is 4.90 Å². The van der Waals surface area contributed by atoms with Crippen molar-refractivity contribution < 1.29 is 18.3 Å². The van der Waals surface area contributed by atoms with Crippen LogP contribution in [0, 0.1) is 11.3 Å². The molecule has 1 atom stereocenters. The van der Waals surface area contributed by atoms with Crippen LogP contribution in [0.5, 0.6) is 5.75 Å². The van der Waals surface area contributed by atoms with Crippen LogP contribution in [0.3, 0.4) is 0 Å². The first-order chi connectivity index (χ1) is 16.8. The van der Waals surface area contributed by atoms with Gasteiger partial charge in [0.15, 0.2) is 17.8 Å². The number of nitrogens with two attached hydrogens (primary N) is 1. The first-order valence-electron chi connectivity index (χ1n) is 11.8.